The van der Waals surface area contributed by atoms with Crippen LogP contribution in [0.3, 0.4) is 0 Å². The molecule has 0 fully saturated rings. The average Bonchev–Trinajstić information content (AvgIpc) is 3.31. The molecule has 4 rings (SSSR count). The van der Waals surface area contributed by atoms with Crippen LogP contribution < -0.4 is 18.9 Å². The van der Waals surface area contributed by atoms with E-state index in [0.29, 0.717) is 13.2 Å². The van der Waals surface area contributed by atoms with E-state index >= 15 is 0 Å². The summed E-state index contributed by atoms with van der Waals surface area (Å²) in [7, 11) is 3.57. The van der Waals surface area contributed by atoms with Crippen molar-refractivity contribution in [2.45, 2.75) is 110 Å². The fourth-order valence-electron chi connectivity index (χ4n) is 5.96. The van der Waals surface area contributed by atoms with E-state index < -0.39 is 5.41 Å². The number of benzene rings is 2. The van der Waals surface area contributed by atoms with E-state index in [2.05, 4.69) is 95.2 Å². The fourth-order valence-corrected chi connectivity index (χ4v) is 5.96. The average molecular weight is 509 g/mol. The van der Waals surface area contributed by atoms with Gasteiger partial charge in [-0.1, -0.05) is 83.1 Å². The third-order valence-electron chi connectivity index (χ3n) is 7.99. The van der Waals surface area contributed by atoms with Gasteiger partial charge in [0.15, 0.2) is 0 Å². The first-order valence-electron chi connectivity index (χ1n) is 13.6. The molecule has 0 aromatic heterocycles. The van der Waals surface area contributed by atoms with E-state index in [1.54, 1.807) is 14.2 Å². The van der Waals surface area contributed by atoms with Crippen molar-refractivity contribution in [1.82, 2.24) is 0 Å². The molecule has 0 aliphatic carbocycles. The summed E-state index contributed by atoms with van der Waals surface area (Å²) in [5.41, 5.74) is 6.07. The minimum atomic E-state index is -0.524. The van der Waals surface area contributed by atoms with Crippen molar-refractivity contribution in [2.24, 2.45) is 0 Å². The summed E-state index contributed by atoms with van der Waals surface area (Å²) in [6.45, 7) is 28.0. The molecule has 2 aromatic rings. The van der Waals surface area contributed by atoms with Crippen LogP contribution in [-0.2, 0) is 27.1 Å². The van der Waals surface area contributed by atoms with E-state index in [-0.39, 0.29) is 21.7 Å². The molecule has 37 heavy (non-hydrogen) atoms. The van der Waals surface area contributed by atoms with Crippen LogP contribution >= 0.6 is 0 Å². The van der Waals surface area contributed by atoms with Crippen LogP contribution in [0.15, 0.2) is 12.1 Å². The molecule has 0 amide bonds. The third kappa shape index (κ3) is 4.19. The topological polar surface area (TPSA) is 36.9 Å². The number of methoxy groups -OCH3 is 2. The molecular weight excluding hydrogens is 460 g/mol. The quantitative estimate of drug-likeness (QED) is 0.412. The van der Waals surface area contributed by atoms with Crippen LogP contribution in [0.5, 0.6) is 23.0 Å². The normalized spacial score (nSPS) is 16.8. The maximum absolute atomic E-state index is 6.70. The molecule has 2 aliphatic rings. The van der Waals surface area contributed by atoms with Gasteiger partial charge in [-0.3, -0.25) is 0 Å². The Morgan fingerprint density at radius 3 is 1.08 bits per heavy atom. The lowest BCUT2D eigenvalue weighted by atomic mass is 9.69. The number of ether oxygens (including phenoxy) is 4. The van der Waals surface area contributed by atoms with Gasteiger partial charge in [0.1, 0.15) is 41.6 Å². The maximum atomic E-state index is 6.70. The zero-order valence-electron chi connectivity index (χ0n) is 25.7. The highest BCUT2D eigenvalue weighted by molar-refractivity contribution is 5.73. The van der Waals surface area contributed by atoms with E-state index in [4.69, 9.17) is 18.9 Å². The van der Waals surface area contributed by atoms with Crippen molar-refractivity contribution >= 4 is 0 Å². The lowest BCUT2D eigenvalue weighted by Crippen LogP contribution is -2.33. The van der Waals surface area contributed by atoms with E-state index in [1.165, 1.54) is 22.3 Å². The largest absolute Gasteiger partial charge is 0.496 e. The van der Waals surface area contributed by atoms with Crippen LogP contribution in [0.1, 0.15) is 116 Å². The molecule has 4 nitrogen and oxygen atoms in total. The third-order valence-corrected chi connectivity index (χ3v) is 7.99. The zero-order chi connectivity index (χ0) is 27.9. The predicted octanol–water partition coefficient (Wildman–Crippen LogP) is 7.96. The monoisotopic (exact) mass is 508 g/mol. The predicted molar refractivity (Wildman–Crippen MR) is 153 cm³/mol. The Hall–Kier alpha value is -2.36. The highest BCUT2D eigenvalue weighted by Gasteiger charge is 2.56. The molecule has 0 N–H and O–H groups in total. The summed E-state index contributed by atoms with van der Waals surface area (Å²) < 4.78 is 25.9. The minimum absolute atomic E-state index is 0.0991. The lowest BCUT2D eigenvalue weighted by molar-refractivity contribution is 0.231. The van der Waals surface area contributed by atoms with Gasteiger partial charge >= 0.3 is 0 Å². The summed E-state index contributed by atoms with van der Waals surface area (Å²) in [5, 5.41) is 0. The second kappa shape index (κ2) is 8.32. The summed E-state index contributed by atoms with van der Waals surface area (Å²) in [6, 6.07) is 4.60. The summed E-state index contributed by atoms with van der Waals surface area (Å²) in [4.78, 5) is 0. The second-order valence-electron chi connectivity index (χ2n) is 15.1. The molecule has 0 atom stereocenters. The van der Waals surface area contributed by atoms with Gasteiger partial charge in [-0.05, 0) is 33.8 Å². The van der Waals surface area contributed by atoms with Crippen LogP contribution in [0.4, 0.5) is 0 Å². The molecule has 1 spiro atoms. The number of rotatable bonds is 2. The number of fused-ring (bicyclic) bond motifs is 4. The Kier molecular flexibility index (Phi) is 6.22. The van der Waals surface area contributed by atoms with Gasteiger partial charge < -0.3 is 18.9 Å². The van der Waals surface area contributed by atoms with Gasteiger partial charge in [-0.25, -0.2) is 0 Å². The summed E-state index contributed by atoms with van der Waals surface area (Å²) in [5.74, 6) is 3.69. The molecule has 0 bridgehead atoms. The molecule has 0 radical (unpaired) electrons. The zero-order valence-corrected chi connectivity index (χ0v) is 25.7. The molecule has 204 valence electrons. The Bertz CT molecular complexity index is 1130. The van der Waals surface area contributed by atoms with Gasteiger partial charge in [0.2, 0.25) is 0 Å². The van der Waals surface area contributed by atoms with E-state index in [1.807, 2.05) is 0 Å². The Labute approximate surface area is 225 Å². The molecule has 4 heteroatoms. The smallest absolute Gasteiger partial charge is 0.131 e. The van der Waals surface area contributed by atoms with Crippen molar-refractivity contribution in [2.75, 3.05) is 27.4 Å². The van der Waals surface area contributed by atoms with Crippen LogP contribution in [-0.4, -0.2) is 27.4 Å². The van der Waals surface area contributed by atoms with Crippen LogP contribution in [0.25, 0.3) is 0 Å². The van der Waals surface area contributed by atoms with E-state index in [9.17, 15) is 0 Å². The van der Waals surface area contributed by atoms with Crippen molar-refractivity contribution in [3.05, 3.63) is 45.5 Å². The molecule has 2 aromatic carbocycles. The first kappa shape index (κ1) is 27.7. The van der Waals surface area contributed by atoms with Crippen molar-refractivity contribution in [3.8, 4) is 23.0 Å². The standard InChI is InChI=1S/C33H48O4/c1-29(2,3)19-15-21(31(7,8)9)27-23(25(19)34-13)33(17-36-27)18-37-28-22(32(10,11)12)16-20(30(4,5)6)26(35-14)24(28)33/h15-16H,17-18H2,1-14H3. The molecule has 0 saturated heterocycles. The fraction of sp³-hybridized carbons (Fsp3) is 0.636. The highest BCUT2D eigenvalue weighted by Crippen LogP contribution is 2.62. The van der Waals surface area contributed by atoms with Crippen molar-refractivity contribution in [3.63, 3.8) is 0 Å². The Morgan fingerprint density at radius 2 is 0.838 bits per heavy atom. The SMILES string of the molecule is COc1c(C(C)(C)C)cc(C(C)(C)C)c2c1C1(CO2)COc2c(C(C)(C)C)cc(C(C)(C)C)c(OC)c21. The van der Waals surface area contributed by atoms with Gasteiger partial charge in [0.05, 0.1) is 25.3 Å². The first-order valence-corrected chi connectivity index (χ1v) is 13.6. The second-order valence-corrected chi connectivity index (χ2v) is 15.1. The Morgan fingerprint density at radius 1 is 0.541 bits per heavy atom. The number of hydrogen-bond acceptors (Lipinski definition) is 4. The van der Waals surface area contributed by atoms with Gasteiger partial charge in [-0.2, -0.15) is 0 Å². The lowest BCUT2D eigenvalue weighted by Gasteiger charge is -2.33. The first-order chi connectivity index (χ1) is 16.8. The Balaban J connectivity index is 2.21. The summed E-state index contributed by atoms with van der Waals surface area (Å²) >= 11 is 0. The number of hydrogen-bond donors (Lipinski definition) is 0. The highest BCUT2D eigenvalue weighted by atomic mass is 16.5. The maximum Gasteiger partial charge on any atom is 0.131 e. The molecule has 0 saturated carbocycles. The van der Waals surface area contributed by atoms with Crippen LogP contribution in [0, 0.1) is 0 Å². The molecule has 0 unspecified atom stereocenters. The molecule has 2 heterocycles. The molecular formula is C33H48O4. The summed E-state index contributed by atoms with van der Waals surface area (Å²) in [6.07, 6.45) is 0. The van der Waals surface area contributed by atoms with Gasteiger partial charge in [-0.15, -0.1) is 0 Å². The van der Waals surface area contributed by atoms with Gasteiger partial charge in [0, 0.05) is 22.3 Å². The van der Waals surface area contributed by atoms with Gasteiger partial charge in [0.25, 0.3) is 0 Å². The van der Waals surface area contributed by atoms with Crippen molar-refractivity contribution in [1.29, 1.82) is 0 Å². The van der Waals surface area contributed by atoms with Crippen LogP contribution in [0.2, 0.25) is 0 Å². The van der Waals surface area contributed by atoms with Crippen molar-refractivity contribution < 1.29 is 18.9 Å². The minimum Gasteiger partial charge on any atom is -0.496 e. The molecule has 2 aliphatic heterocycles. The van der Waals surface area contributed by atoms with E-state index in [0.717, 1.165) is 34.1 Å².